The third-order valence-corrected chi connectivity index (χ3v) is 3.05. The minimum absolute atomic E-state index is 0. The van der Waals surface area contributed by atoms with Gasteiger partial charge >= 0.3 is 6.03 Å². The minimum atomic E-state index is -0.829. The van der Waals surface area contributed by atoms with Crippen molar-refractivity contribution in [2.45, 2.75) is 24.9 Å². The van der Waals surface area contributed by atoms with Gasteiger partial charge in [-0.15, -0.1) is 24.8 Å². The summed E-state index contributed by atoms with van der Waals surface area (Å²) < 4.78 is 0. The van der Waals surface area contributed by atoms with Crippen LogP contribution in [0.3, 0.4) is 0 Å². The second-order valence-corrected chi connectivity index (χ2v) is 4.73. The van der Waals surface area contributed by atoms with Crippen LogP contribution in [0.25, 0.3) is 0 Å². The molecule has 1 aliphatic rings. The molecule has 0 bridgehead atoms. The van der Waals surface area contributed by atoms with E-state index in [0.717, 1.165) is 0 Å². The van der Waals surface area contributed by atoms with Crippen LogP contribution in [-0.2, 0) is 9.59 Å². The van der Waals surface area contributed by atoms with Crippen molar-refractivity contribution in [1.29, 1.82) is 0 Å². The number of hydrogen-bond acceptors (Lipinski definition) is 6. The predicted molar refractivity (Wildman–Crippen MR) is 90.5 cm³/mol. The third-order valence-electron chi connectivity index (χ3n) is 3.05. The molecule has 0 saturated carbocycles. The van der Waals surface area contributed by atoms with Crippen molar-refractivity contribution in [1.82, 2.24) is 15.5 Å². The summed E-state index contributed by atoms with van der Waals surface area (Å²) >= 11 is 0. The zero-order valence-electron chi connectivity index (χ0n) is 12.7. The number of carbonyl (C=O) groups is 3. The molecule has 0 aromatic heterocycles. The number of guanidine groups is 1. The molecular formula is C11H23Cl2N7O3. The fourth-order valence-electron chi connectivity index (χ4n) is 1.85. The van der Waals surface area contributed by atoms with Gasteiger partial charge in [-0.25, -0.2) is 4.79 Å². The number of primary amides is 1. The van der Waals surface area contributed by atoms with Crippen molar-refractivity contribution in [3.05, 3.63) is 0 Å². The van der Waals surface area contributed by atoms with E-state index in [9.17, 15) is 14.4 Å². The molecule has 0 aromatic carbocycles. The van der Waals surface area contributed by atoms with Gasteiger partial charge in [0.25, 0.3) is 5.91 Å². The number of nitrogens with two attached hydrogens (primary N) is 3. The highest BCUT2D eigenvalue weighted by molar-refractivity contribution is 6.04. The zero-order chi connectivity index (χ0) is 16.0. The first-order chi connectivity index (χ1) is 9.85. The fraction of sp³-hybridized carbons (Fsp3) is 0.636. The standard InChI is InChI=1S/C11H21N7O3.2ClH/c1-18(8(19)4-6(13)2-3-12)7-5-15-11(16-9(7)20)17-10(14)21;;/h6-7H,2-5,12-13H2,1H3,(H4,14,15,16,17,20,21);2*1H/t6-,7?;;/m0../s1. The monoisotopic (exact) mass is 371 g/mol. The van der Waals surface area contributed by atoms with Crippen LogP contribution in [0.1, 0.15) is 12.8 Å². The van der Waals surface area contributed by atoms with E-state index in [2.05, 4.69) is 15.6 Å². The largest absolute Gasteiger partial charge is 0.353 e. The summed E-state index contributed by atoms with van der Waals surface area (Å²) in [5, 5.41) is 4.89. The molecule has 8 N–H and O–H groups in total. The summed E-state index contributed by atoms with van der Waals surface area (Å²) in [4.78, 5) is 39.5. The number of amides is 4. The van der Waals surface area contributed by atoms with Gasteiger partial charge in [-0.1, -0.05) is 0 Å². The molecule has 1 unspecified atom stereocenters. The first-order valence-corrected chi connectivity index (χ1v) is 6.49. The van der Waals surface area contributed by atoms with Gasteiger partial charge in [-0.3, -0.25) is 14.9 Å². The highest BCUT2D eigenvalue weighted by Gasteiger charge is 2.31. The van der Waals surface area contributed by atoms with E-state index in [4.69, 9.17) is 17.2 Å². The average Bonchev–Trinajstić information content (AvgIpc) is 2.37. The third kappa shape index (κ3) is 7.46. The Hall–Kier alpha value is -1.62. The first-order valence-electron chi connectivity index (χ1n) is 6.49. The topological polar surface area (TPSA) is 169 Å². The molecule has 12 heteroatoms. The first kappa shape index (κ1) is 23.6. The quantitative estimate of drug-likeness (QED) is 0.369. The number of aliphatic imine (C=N–C) groups is 1. The minimum Gasteiger partial charge on any atom is -0.353 e. The van der Waals surface area contributed by atoms with Gasteiger partial charge in [0, 0.05) is 26.1 Å². The second kappa shape index (κ2) is 11.0. The van der Waals surface area contributed by atoms with Crippen molar-refractivity contribution in [3.8, 4) is 0 Å². The molecule has 134 valence electrons. The number of likely N-dealkylation sites (N-methyl/N-ethyl adjacent to an activating group) is 1. The molecule has 0 fully saturated rings. The average molecular weight is 372 g/mol. The van der Waals surface area contributed by atoms with Gasteiger partial charge in [0.15, 0.2) is 0 Å². The van der Waals surface area contributed by atoms with Crippen molar-refractivity contribution in [2.75, 3.05) is 20.1 Å². The molecule has 4 amide bonds. The van der Waals surface area contributed by atoms with Gasteiger partial charge < -0.3 is 27.4 Å². The van der Waals surface area contributed by atoms with E-state index in [1.807, 2.05) is 0 Å². The Labute approximate surface area is 146 Å². The van der Waals surface area contributed by atoms with Crippen LogP contribution in [-0.4, -0.2) is 60.9 Å². The van der Waals surface area contributed by atoms with E-state index in [1.54, 1.807) is 0 Å². The Balaban J connectivity index is 0. The molecule has 0 spiro atoms. The summed E-state index contributed by atoms with van der Waals surface area (Å²) in [6, 6.07) is -1.92. The highest BCUT2D eigenvalue weighted by atomic mass is 35.5. The SMILES string of the molecule is CN(C(=O)C[C@@H](N)CCN)C1CNC(NC(N)=O)=NC1=O.Cl.Cl. The summed E-state index contributed by atoms with van der Waals surface area (Å²) in [6.45, 7) is 0.529. The second-order valence-electron chi connectivity index (χ2n) is 4.73. The molecule has 1 aliphatic heterocycles. The Kier molecular flexibility index (Phi) is 11.3. The summed E-state index contributed by atoms with van der Waals surface area (Å²) in [7, 11) is 1.50. The number of rotatable bonds is 5. The number of nitrogens with zero attached hydrogens (tertiary/aromatic N) is 2. The van der Waals surface area contributed by atoms with Crippen LogP contribution in [0, 0.1) is 0 Å². The van der Waals surface area contributed by atoms with Crippen molar-refractivity contribution < 1.29 is 14.4 Å². The van der Waals surface area contributed by atoms with Gasteiger partial charge in [0.2, 0.25) is 11.9 Å². The Morgan fingerprint density at radius 1 is 1.48 bits per heavy atom. The summed E-state index contributed by atoms with van der Waals surface area (Å²) in [5.74, 6) is -0.831. The Bertz CT molecular complexity index is 461. The molecule has 0 aromatic rings. The molecule has 0 saturated heterocycles. The van der Waals surface area contributed by atoms with E-state index < -0.39 is 18.0 Å². The van der Waals surface area contributed by atoms with E-state index in [1.165, 1.54) is 11.9 Å². The lowest BCUT2D eigenvalue weighted by Crippen LogP contribution is -2.56. The molecule has 0 aliphatic carbocycles. The lowest BCUT2D eigenvalue weighted by molar-refractivity contribution is -0.138. The summed E-state index contributed by atoms with van der Waals surface area (Å²) in [6.07, 6.45) is 0.634. The van der Waals surface area contributed by atoms with Crippen molar-refractivity contribution in [2.24, 2.45) is 22.2 Å². The van der Waals surface area contributed by atoms with E-state index >= 15 is 0 Å². The van der Waals surface area contributed by atoms with Crippen LogP contribution in [0.2, 0.25) is 0 Å². The maximum Gasteiger partial charge on any atom is 0.318 e. The van der Waals surface area contributed by atoms with Gasteiger partial charge in [-0.2, -0.15) is 4.99 Å². The van der Waals surface area contributed by atoms with Gasteiger partial charge in [0.05, 0.1) is 0 Å². The normalized spacial score (nSPS) is 17.6. The van der Waals surface area contributed by atoms with Crippen LogP contribution in [0.5, 0.6) is 0 Å². The van der Waals surface area contributed by atoms with Crippen LogP contribution < -0.4 is 27.8 Å². The van der Waals surface area contributed by atoms with Gasteiger partial charge in [0.1, 0.15) is 6.04 Å². The van der Waals surface area contributed by atoms with Crippen LogP contribution in [0.4, 0.5) is 4.79 Å². The highest BCUT2D eigenvalue weighted by Crippen LogP contribution is 2.06. The van der Waals surface area contributed by atoms with E-state index in [0.29, 0.717) is 13.0 Å². The molecule has 23 heavy (non-hydrogen) atoms. The number of hydrogen-bond donors (Lipinski definition) is 5. The molecular weight excluding hydrogens is 349 g/mol. The predicted octanol–water partition coefficient (Wildman–Crippen LogP) is -2.12. The maximum atomic E-state index is 12.0. The number of urea groups is 1. The maximum absolute atomic E-state index is 12.0. The zero-order valence-corrected chi connectivity index (χ0v) is 14.3. The lowest BCUT2D eigenvalue weighted by Gasteiger charge is -2.30. The van der Waals surface area contributed by atoms with Crippen molar-refractivity contribution in [3.63, 3.8) is 0 Å². The Morgan fingerprint density at radius 3 is 2.57 bits per heavy atom. The molecule has 0 radical (unpaired) electrons. The number of halogens is 2. The smallest absolute Gasteiger partial charge is 0.318 e. The molecule has 1 heterocycles. The van der Waals surface area contributed by atoms with Gasteiger partial charge in [-0.05, 0) is 13.0 Å². The van der Waals surface area contributed by atoms with Crippen molar-refractivity contribution >= 4 is 48.6 Å². The molecule has 2 atom stereocenters. The lowest BCUT2D eigenvalue weighted by atomic mass is 10.1. The van der Waals surface area contributed by atoms with E-state index in [-0.39, 0.29) is 55.7 Å². The molecule has 1 rings (SSSR count). The Morgan fingerprint density at radius 2 is 2.09 bits per heavy atom. The number of carbonyl (C=O) groups excluding carboxylic acids is 3. The fourth-order valence-corrected chi connectivity index (χ4v) is 1.85. The number of nitrogens with one attached hydrogen (secondary N) is 2. The summed E-state index contributed by atoms with van der Waals surface area (Å²) in [5.41, 5.74) is 16.0. The molecule has 10 nitrogen and oxygen atoms in total. The van der Waals surface area contributed by atoms with Crippen LogP contribution in [0.15, 0.2) is 4.99 Å². The van der Waals surface area contributed by atoms with Crippen LogP contribution >= 0.6 is 24.8 Å².